The SMILES string of the molecule is N#C[C@H](C(=O)CCc1cscn1)c1nc2cc(Cl)ccc2s1. The topological polar surface area (TPSA) is 66.6 Å². The van der Waals surface area contributed by atoms with Crippen molar-refractivity contribution in [2.45, 2.75) is 18.8 Å². The van der Waals surface area contributed by atoms with Gasteiger partial charge in [0.15, 0.2) is 11.7 Å². The highest BCUT2D eigenvalue weighted by molar-refractivity contribution is 7.18. The van der Waals surface area contributed by atoms with Gasteiger partial charge in [0.2, 0.25) is 0 Å². The molecule has 0 unspecified atom stereocenters. The third-order valence-corrected chi connectivity index (χ3v) is 5.15. The van der Waals surface area contributed by atoms with E-state index in [-0.39, 0.29) is 5.78 Å². The lowest BCUT2D eigenvalue weighted by Crippen LogP contribution is -2.11. The van der Waals surface area contributed by atoms with E-state index < -0.39 is 5.92 Å². The number of thiazole rings is 2. The van der Waals surface area contributed by atoms with Crippen LogP contribution in [0.3, 0.4) is 0 Å². The van der Waals surface area contributed by atoms with Crippen LogP contribution >= 0.6 is 34.3 Å². The van der Waals surface area contributed by atoms with E-state index in [9.17, 15) is 10.1 Å². The largest absolute Gasteiger partial charge is 0.298 e. The predicted octanol–water partition coefficient (Wildman–Crippen LogP) is 4.22. The molecule has 7 heteroatoms. The van der Waals surface area contributed by atoms with Gasteiger partial charge in [0.25, 0.3) is 0 Å². The number of benzene rings is 1. The Morgan fingerprint density at radius 3 is 3.05 bits per heavy atom. The van der Waals surface area contributed by atoms with Crippen LogP contribution in [0.5, 0.6) is 0 Å². The molecule has 3 aromatic rings. The summed E-state index contributed by atoms with van der Waals surface area (Å²) in [6, 6.07) is 7.44. The molecule has 0 fully saturated rings. The standard InChI is InChI=1S/C15H10ClN3OS2/c16-9-1-4-14-12(5-9)19-15(22-14)11(6-17)13(20)3-2-10-7-21-8-18-10/h1,4-5,7-8,11H,2-3H2/t11-/m1/s1. The van der Waals surface area contributed by atoms with E-state index in [2.05, 4.69) is 16.0 Å². The first kappa shape index (κ1) is 15.1. The molecule has 0 bridgehead atoms. The van der Waals surface area contributed by atoms with E-state index in [1.807, 2.05) is 11.4 Å². The van der Waals surface area contributed by atoms with Crippen LogP contribution in [0, 0.1) is 11.3 Å². The number of hydrogen-bond donors (Lipinski definition) is 0. The second kappa shape index (κ2) is 6.53. The van der Waals surface area contributed by atoms with Crippen LogP contribution in [0.2, 0.25) is 5.02 Å². The Balaban J connectivity index is 1.79. The summed E-state index contributed by atoms with van der Waals surface area (Å²) in [6.07, 6.45) is 0.843. The van der Waals surface area contributed by atoms with Crippen molar-refractivity contribution in [3.05, 3.63) is 44.8 Å². The number of carbonyl (C=O) groups is 1. The molecule has 0 spiro atoms. The smallest absolute Gasteiger partial charge is 0.157 e. The van der Waals surface area contributed by atoms with Crippen molar-refractivity contribution < 1.29 is 4.79 Å². The van der Waals surface area contributed by atoms with Gasteiger partial charge in [0, 0.05) is 16.8 Å². The summed E-state index contributed by atoms with van der Waals surface area (Å²) < 4.78 is 0.923. The van der Waals surface area contributed by atoms with Gasteiger partial charge in [-0.15, -0.1) is 22.7 Å². The average molecular weight is 348 g/mol. The van der Waals surface area contributed by atoms with Crippen molar-refractivity contribution in [3.63, 3.8) is 0 Å². The van der Waals surface area contributed by atoms with E-state index in [4.69, 9.17) is 11.6 Å². The molecule has 0 radical (unpaired) electrons. The highest BCUT2D eigenvalue weighted by Crippen LogP contribution is 2.30. The lowest BCUT2D eigenvalue weighted by atomic mass is 10.0. The van der Waals surface area contributed by atoms with Crippen LogP contribution in [-0.2, 0) is 11.2 Å². The van der Waals surface area contributed by atoms with Gasteiger partial charge in [0.1, 0.15) is 5.01 Å². The number of fused-ring (bicyclic) bond motifs is 1. The summed E-state index contributed by atoms with van der Waals surface area (Å²) >= 11 is 8.80. The van der Waals surface area contributed by atoms with Crippen molar-refractivity contribution in [3.8, 4) is 6.07 Å². The summed E-state index contributed by atoms with van der Waals surface area (Å²) in [7, 11) is 0. The molecule has 0 aliphatic rings. The minimum Gasteiger partial charge on any atom is -0.298 e. The number of nitriles is 1. The molecule has 110 valence electrons. The first-order valence-corrected chi connectivity index (χ1v) is 8.66. The maximum absolute atomic E-state index is 12.3. The van der Waals surface area contributed by atoms with E-state index in [0.717, 1.165) is 15.9 Å². The quantitative estimate of drug-likeness (QED) is 0.693. The number of aromatic nitrogens is 2. The Morgan fingerprint density at radius 2 is 2.32 bits per heavy atom. The van der Waals surface area contributed by atoms with Crippen molar-refractivity contribution in [2.24, 2.45) is 0 Å². The normalized spacial score (nSPS) is 12.2. The summed E-state index contributed by atoms with van der Waals surface area (Å²) in [5.74, 6) is -0.949. The van der Waals surface area contributed by atoms with Crippen LogP contribution in [-0.4, -0.2) is 15.8 Å². The monoisotopic (exact) mass is 347 g/mol. The van der Waals surface area contributed by atoms with Gasteiger partial charge >= 0.3 is 0 Å². The fourth-order valence-electron chi connectivity index (χ4n) is 2.06. The van der Waals surface area contributed by atoms with Crippen LogP contribution in [0.4, 0.5) is 0 Å². The number of Topliss-reactive ketones (excluding diaryl/α,β-unsaturated/α-hetero) is 1. The van der Waals surface area contributed by atoms with E-state index >= 15 is 0 Å². The zero-order chi connectivity index (χ0) is 15.5. The van der Waals surface area contributed by atoms with Gasteiger partial charge in [-0.3, -0.25) is 4.79 Å². The fraction of sp³-hybridized carbons (Fsp3) is 0.200. The molecule has 2 aromatic heterocycles. The Hall–Kier alpha value is -1.81. The average Bonchev–Trinajstić information content (AvgIpc) is 3.14. The number of halogens is 1. The summed E-state index contributed by atoms with van der Waals surface area (Å²) in [6.45, 7) is 0. The summed E-state index contributed by atoms with van der Waals surface area (Å²) in [4.78, 5) is 20.8. The highest BCUT2D eigenvalue weighted by atomic mass is 35.5. The maximum Gasteiger partial charge on any atom is 0.157 e. The highest BCUT2D eigenvalue weighted by Gasteiger charge is 2.23. The third kappa shape index (κ3) is 3.17. The molecular weight excluding hydrogens is 338 g/mol. The van der Waals surface area contributed by atoms with Crippen molar-refractivity contribution >= 4 is 50.3 Å². The van der Waals surface area contributed by atoms with Gasteiger partial charge in [-0.2, -0.15) is 5.26 Å². The first-order chi connectivity index (χ1) is 10.7. The molecule has 0 saturated carbocycles. The Bertz CT molecular complexity index is 851. The molecule has 3 rings (SSSR count). The van der Waals surface area contributed by atoms with Crippen LogP contribution < -0.4 is 0 Å². The van der Waals surface area contributed by atoms with Gasteiger partial charge in [-0.05, 0) is 24.6 Å². The Labute approximate surface area is 140 Å². The zero-order valence-electron chi connectivity index (χ0n) is 11.3. The van der Waals surface area contributed by atoms with Gasteiger partial charge < -0.3 is 0 Å². The number of carbonyl (C=O) groups excluding carboxylic acids is 1. The van der Waals surface area contributed by atoms with E-state index in [1.54, 1.807) is 17.6 Å². The number of hydrogen-bond acceptors (Lipinski definition) is 6. The molecule has 0 aliphatic carbocycles. The van der Waals surface area contributed by atoms with E-state index in [1.165, 1.54) is 22.7 Å². The third-order valence-electron chi connectivity index (χ3n) is 3.18. The molecule has 2 heterocycles. The zero-order valence-corrected chi connectivity index (χ0v) is 13.7. The summed E-state index contributed by atoms with van der Waals surface area (Å²) in [5, 5.41) is 12.4. The predicted molar refractivity (Wildman–Crippen MR) is 88.4 cm³/mol. The first-order valence-electron chi connectivity index (χ1n) is 6.53. The van der Waals surface area contributed by atoms with Crippen LogP contribution in [0.1, 0.15) is 23.0 Å². The number of ketones is 1. The van der Waals surface area contributed by atoms with Crippen molar-refractivity contribution in [1.82, 2.24) is 9.97 Å². The second-order valence-electron chi connectivity index (χ2n) is 4.67. The lowest BCUT2D eigenvalue weighted by molar-refractivity contribution is -0.119. The molecule has 0 amide bonds. The van der Waals surface area contributed by atoms with Crippen LogP contribution in [0.15, 0.2) is 29.1 Å². The maximum atomic E-state index is 12.3. The summed E-state index contributed by atoms with van der Waals surface area (Å²) in [5.41, 5.74) is 3.34. The van der Waals surface area contributed by atoms with Gasteiger partial charge in [-0.1, -0.05) is 11.6 Å². The molecule has 1 aromatic carbocycles. The van der Waals surface area contributed by atoms with Gasteiger partial charge in [0.05, 0.1) is 27.5 Å². The van der Waals surface area contributed by atoms with E-state index in [0.29, 0.717) is 22.9 Å². The second-order valence-corrected chi connectivity index (χ2v) is 6.89. The molecule has 0 aliphatic heterocycles. The molecular formula is C15H10ClN3OS2. The number of nitrogens with zero attached hydrogens (tertiary/aromatic N) is 3. The van der Waals surface area contributed by atoms with Crippen molar-refractivity contribution in [2.75, 3.05) is 0 Å². The van der Waals surface area contributed by atoms with Crippen LogP contribution in [0.25, 0.3) is 10.2 Å². The Kier molecular flexibility index (Phi) is 4.48. The lowest BCUT2D eigenvalue weighted by Gasteiger charge is -2.03. The molecule has 4 nitrogen and oxygen atoms in total. The number of rotatable bonds is 5. The molecule has 1 atom stereocenters. The minimum absolute atomic E-state index is 0.124. The molecule has 22 heavy (non-hydrogen) atoms. The fourth-order valence-corrected chi connectivity index (χ4v) is 3.84. The molecule has 0 N–H and O–H groups in total. The molecule has 0 saturated heterocycles. The Morgan fingerprint density at radius 1 is 1.45 bits per heavy atom. The number of aryl methyl sites for hydroxylation is 1. The minimum atomic E-state index is -0.824. The van der Waals surface area contributed by atoms with Gasteiger partial charge in [-0.25, -0.2) is 9.97 Å². The van der Waals surface area contributed by atoms with Crippen molar-refractivity contribution in [1.29, 1.82) is 5.26 Å².